The van der Waals surface area contributed by atoms with E-state index in [1.54, 1.807) is 6.92 Å². The van der Waals surface area contributed by atoms with Gasteiger partial charge in [0.25, 0.3) is 0 Å². The molecule has 0 saturated carbocycles. The molecule has 0 fully saturated rings. The average molecular weight is 160 g/mol. The van der Waals surface area contributed by atoms with Crippen molar-refractivity contribution in [2.45, 2.75) is 19.9 Å². The average Bonchev–Trinajstić information content (AvgIpc) is 2.01. The standard InChI is InChI=1S/C7H16N2O2/c1-3-11-7(10)5-9-6(2)4-8/h6,9H,3-5,8H2,1-2H3. The minimum atomic E-state index is -0.229. The highest BCUT2D eigenvalue weighted by Crippen LogP contribution is 1.78. The summed E-state index contributed by atoms with van der Waals surface area (Å²) in [7, 11) is 0. The molecule has 0 saturated heterocycles. The minimum Gasteiger partial charge on any atom is -0.465 e. The second-order valence-electron chi connectivity index (χ2n) is 2.32. The Morgan fingerprint density at radius 1 is 1.73 bits per heavy atom. The molecule has 0 aromatic rings. The van der Waals surface area contributed by atoms with E-state index in [4.69, 9.17) is 10.5 Å². The number of rotatable bonds is 5. The summed E-state index contributed by atoms with van der Waals surface area (Å²) in [6, 6.07) is 0.166. The molecular formula is C7H16N2O2. The maximum atomic E-state index is 10.7. The highest BCUT2D eigenvalue weighted by atomic mass is 16.5. The number of carbonyl (C=O) groups is 1. The van der Waals surface area contributed by atoms with Crippen LogP contribution in [0.2, 0.25) is 0 Å². The molecule has 1 unspecified atom stereocenters. The summed E-state index contributed by atoms with van der Waals surface area (Å²) in [4.78, 5) is 10.7. The molecule has 0 aliphatic heterocycles. The van der Waals surface area contributed by atoms with Gasteiger partial charge in [-0.1, -0.05) is 0 Å². The SMILES string of the molecule is CCOC(=O)CNC(C)CN. The molecule has 0 aromatic carbocycles. The molecule has 66 valence electrons. The van der Waals surface area contributed by atoms with Gasteiger partial charge in [-0.05, 0) is 13.8 Å². The first-order valence-electron chi connectivity index (χ1n) is 3.79. The van der Waals surface area contributed by atoms with E-state index in [1.165, 1.54) is 0 Å². The van der Waals surface area contributed by atoms with E-state index in [9.17, 15) is 4.79 Å². The number of hydrogen-bond acceptors (Lipinski definition) is 4. The van der Waals surface area contributed by atoms with Crippen molar-refractivity contribution < 1.29 is 9.53 Å². The molecule has 0 aromatic heterocycles. The smallest absolute Gasteiger partial charge is 0.319 e. The molecule has 4 heteroatoms. The van der Waals surface area contributed by atoms with Crippen LogP contribution in [0, 0.1) is 0 Å². The molecule has 0 spiro atoms. The van der Waals surface area contributed by atoms with Crippen LogP contribution >= 0.6 is 0 Å². The Bertz CT molecular complexity index is 117. The topological polar surface area (TPSA) is 64.3 Å². The van der Waals surface area contributed by atoms with E-state index in [0.717, 1.165) is 0 Å². The Morgan fingerprint density at radius 2 is 2.36 bits per heavy atom. The third-order valence-corrected chi connectivity index (χ3v) is 1.25. The third kappa shape index (κ3) is 5.82. The normalized spacial score (nSPS) is 12.6. The fraction of sp³-hybridized carbons (Fsp3) is 0.857. The molecule has 0 rings (SSSR count). The zero-order valence-corrected chi connectivity index (χ0v) is 7.09. The van der Waals surface area contributed by atoms with E-state index < -0.39 is 0 Å². The van der Waals surface area contributed by atoms with Crippen molar-refractivity contribution >= 4 is 5.97 Å². The lowest BCUT2D eigenvalue weighted by Crippen LogP contribution is -2.37. The second-order valence-corrected chi connectivity index (χ2v) is 2.32. The maximum Gasteiger partial charge on any atom is 0.319 e. The molecule has 0 amide bonds. The van der Waals surface area contributed by atoms with Crippen LogP contribution in [-0.2, 0) is 9.53 Å². The van der Waals surface area contributed by atoms with Crippen LogP contribution in [0.1, 0.15) is 13.8 Å². The summed E-state index contributed by atoms with van der Waals surface area (Å²) in [6.45, 7) is 4.90. The summed E-state index contributed by atoms with van der Waals surface area (Å²) in [6.07, 6.45) is 0. The summed E-state index contributed by atoms with van der Waals surface area (Å²) < 4.78 is 4.69. The van der Waals surface area contributed by atoms with E-state index in [2.05, 4.69) is 5.32 Å². The quantitative estimate of drug-likeness (QED) is 0.531. The zero-order valence-electron chi connectivity index (χ0n) is 7.09. The third-order valence-electron chi connectivity index (χ3n) is 1.25. The van der Waals surface area contributed by atoms with Gasteiger partial charge >= 0.3 is 5.97 Å². The van der Waals surface area contributed by atoms with Crippen molar-refractivity contribution in [3.63, 3.8) is 0 Å². The van der Waals surface area contributed by atoms with Gasteiger partial charge in [0.1, 0.15) is 0 Å². The van der Waals surface area contributed by atoms with E-state index in [0.29, 0.717) is 13.2 Å². The molecule has 4 nitrogen and oxygen atoms in total. The molecule has 0 aliphatic carbocycles. The molecular weight excluding hydrogens is 144 g/mol. The van der Waals surface area contributed by atoms with E-state index in [1.807, 2.05) is 6.92 Å². The summed E-state index contributed by atoms with van der Waals surface area (Å²) >= 11 is 0. The highest BCUT2D eigenvalue weighted by molar-refractivity contribution is 5.71. The Labute approximate surface area is 67.1 Å². The Balaban J connectivity index is 3.30. The Morgan fingerprint density at radius 3 is 2.82 bits per heavy atom. The molecule has 3 N–H and O–H groups in total. The first kappa shape index (κ1) is 10.4. The van der Waals surface area contributed by atoms with Gasteiger partial charge in [0.05, 0.1) is 13.2 Å². The van der Waals surface area contributed by atoms with Crippen LogP contribution in [0.5, 0.6) is 0 Å². The Hall–Kier alpha value is -0.610. The van der Waals surface area contributed by atoms with Crippen molar-refractivity contribution in [3.8, 4) is 0 Å². The van der Waals surface area contributed by atoms with Gasteiger partial charge in [0.15, 0.2) is 0 Å². The van der Waals surface area contributed by atoms with E-state index >= 15 is 0 Å². The van der Waals surface area contributed by atoms with E-state index in [-0.39, 0.29) is 18.6 Å². The van der Waals surface area contributed by atoms with Crippen LogP contribution in [0.3, 0.4) is 0 Å². The fourth-order valence-electron chi connectivity index (χ4n) is 0.553. The number of esters is 1. The first-order chi connectivity index (χ1) is 5.20. The van der Waals surface area contributed by atoms with Crippen LogP contribution in [-0.4, -0.2) is 31.7 Å². The second kappa shape index (κ2) is 6.12. The van der Waals surface area contributed by atoms with Gasteiger partial charge in [0.2, 0.25) is 0 Å². The van der Waals surface area contributed by atoms with Crippen molar-refractivity contribution in [2.75, 3.05) is 19.7 Å². The molecule has 1 atom stereocenters. The summed E-state index contributed by atoms with van der Waals surface area (Å²) in [5.74, 6) is -0.229. The van der Waals surface area contributed by atoms with Gasteiger partial charge in [-0.3, -0.25) is 4.79 Å². The number of ether oxygens (including phenoxy) is 1. The zero-order chi connectivity index (χ0) is 8.69. The van der Waals surface area contributed by atoms with Crippen LogP contribution in [0.4, 0.5) is 0 Å². The molecule has 11 heavy (non-hydrogen) atoms. The lowest BCUT2D eigenvalue weighted by molar-refractivity contribution is -0.142. The van der Waals surface area contributed by atoms with Crippen molar-refractivity contribution in [3.05, 3.63) is 0 Å². The van der Waals surface area contributed by atoms with Crippen LogP contribution < -0.4 is 11.1 Å². The summed E-state index contributed by atoms with van der Waals surface area (Å²) in [5.41, 5.74) is 5.32. The van der Waals surface area contributed by atoms with Crippen molar-refractivity contribution in [2.24, 2.45) is 5.73 Å². The molecule has 0 aliphatic rings. The minimum absolute atomic E-state index is 0.166. The molecule has 0 bridgehead atoms. The van der Waals surface area contributed by atoms with Gasteiger partial charge < -0.3 is 15.8 Å². The van der Waals surface area contributed by atoms with Crippen molar-refractivity contribution in [1.82, 2.24) is 5.32 Å². The number of nitrogens with two attached hydrogens (primary N) is 1. The first-order valence-corrected chi connectivity index (χ1v) is 3.79. The number of carbonyl (C=O) groups excluding carboxylic acids is 1. The lowest BCUT2D eigenvalue weighted by atomic mass is 10.3. The number of nitrogens with one attached hydrogen (secondary N) is 1. The number of hydrogen-bond donors (Lipinski definition) is 2. The van der Waals surface area contributed by atoms with Gasteiger partial charge in [0, 0.05) is 12.6 Å². The van der Waals surface area contributed by atoms with Crippen LogP contribution in [0.25, 0.3) is 0 Å². The fourth-order valence-corrected chi connectivity index (χ4v) is 0.553. The molecule has 0 radical (unpaired) electrons. The highest BCUT2D eigenvalue weighted by Gasteiger charge is 2.02. The van der Waals surface area contributed by atoms with Gasteiger partial charge in [-0.15, -0.1) is 0 Å². The van der Waals surface area contributed by atoms with Crippen molar-refractivity contribution in [1.29, 1.82) is 0 Å². The maximum absolute atomic E-state index is 10.7. The largest absolute Gasteiger partial charge is 0.465 e. The molecule has 0 heterocycles. The van der Waals surface area contributed by atoms with Crippen LogP contribution in [0.15, 0.2) is 0 Å². The lowest BCUT2D eigenvalue weighted by Gasteiger charge is -2.09. The predicted octanol–water partition coefficient (Wildman–Crippen LogP) is -0.514. The monoisotopic (exact) mass is 160 g/mol. The Kier molecular flexibility index (Phi) is 5.78. The van der Waals surface area contributed by atoms with Gasteiger partial charge in [-0.2, -0.15) is 0 Å². The van der Waals surface area contributed by atoms with Gasteiger partial charge in [-0.25, -0.2) is 0 Å². The predicted molar refractivity (Wildman–Crippen MR) is 43.2 cm³/mol. The summed E-state index contributed by atoms with van der Waals surface area (Å²) in [5, 5.41) is 2.92.